The molecule has 1 atom stereocenters. The molecular weight excluding hydrogens is 308 g/mol. The number of para-hydroxylation sites is 1. The van der Waals surface area contributed by atoms with Gasteiger partial charge in [-0.1, -0.05) is 41.9 Å². The van der Waals surface area contributed by atoms with Crippen molar-refractivity contribution >= 4 is 41.2 Å². The summed E-state index contributed by atoms with van der Waals surface area (Å²) in [5, 5.41) is 10.3. The second kappa shape index (κ2) is 5.47. The van der Waals surface area contributed by atoms with E-state index >= 15 is 0 Å². The lowest BCUT2D eigenvalue weighted by Crippen LogP contribution is -2.02. The molecule has 1 aromatic heterocycles. The molecule has 0 aliphatic heterocycles. The fourth-order valence-electron chi connectivity index (χ4n) is 2.31. The molecule has 0 saturated carbocycles. The number of carboxylic acids is 1. The summed E-state index contributed by atoms with van der Waals surface area (Å²) in [7, 11) is 0. The molecule has 3 aromatic rings. The molecule has 1 unspecified atom stereocenters. The number of hydrogen-bond donors (Lipinski definition) is 2. The van der Waals surface area contributed by atoms with Crippen LogP contribution in [0.4, 0.5) is 0 Å². The third-order valence-electron chi connectivity index (χ3n) is 3.29. The molecule has 0 aliphatic rings. The predicted molar refractivity (Wildman–Crippen MR) is 85.5 cm³/mol. The fraction of sp³-hybridized carbons (Fsp3) is 0.0625. The van der Waals surface area contributed by atoms with Crippen molar-refractivity contribution in [1.82, 2.24) is 0 Å². The zero-order chi connectivity index (χ0) is 15.0. The first-order valence-electron chi connectivity index (χ1n) is 6.26. The van der Waals surface area contributed by atoms with Crippen molar-refractivity contribution in [3.63, 3.8) is 0 Å². The predicted octanol–water partition coefficient (Wildman–Crippen LogP) is 4.80. The lowest BCUT2D eigenvalue weighted by molar-refractivity contribution is 0.0663. The summed E-state index contributed by atoms with van der Waals surface area (Å²) < 4.78 is 5.45. The number of halogens is 1. The highest BCUT2D eigenvalue weighted by Gasteiger charge is 2.25. The van der Waals surface area contributed by atoms with Crippen LogP contribution in [0.5, 0.6) is 0 Å². The van der Waals surface area contributed by atoms with Crippen LogP contribution < -0.4 is 0 Å². The number of hydrogen-bond acceptors (Lipinski definition) is 3. The molecule has 0 bridgehead atoms. The summed E-state index contributed by atoms with van der Waals surface area (Å²) in [6.45, 7) is 0. The maximum Gasteiger partial charge on any atom is 0.372 e. The zero-order valence-electron chi connectivity index (χ0n) is 10.8. The van der Waals surface area contributed by atoms with Crippen LogP contribution in [0.25, 0.3) is 11.0 Å². The summed E-state index contributed by atoms with van der Waals surface area (Å²) in [5.74, 6) is -1.18. The maximum absolute atomic E-state index is 11.4. The molecule has 0 spiro atoms. The summed E-state index contributed by atoms with van der Waals surface area (Å²) in [6, 6.07) is 14.4. The summed E-state index contributed by atoms with van der Waals surface area (Å²) in [6.07, 6.45) is 0. The minimum atomic E-state index is -1.10. The molecule has 0 fully saturated rings. The lowest BCUT2D eigenvalue weighted by atomic mass is 10.0. The van der Waals surface area contributed by atoms with Gasteiger partial charge in [-0.25, -0.2) is 4.79 Å². The van der Waals surface area contributed by atoms with Crippen LogP contribution in [0.15, 0.2) is 52.9 Å². The van der Waals surface area contributed by atoms with E-state index in [0.717, 1.165) is 10.9 Å². The van der Waals surface area contributed by atoms with E-state index in [-0.39, 0.29) is 5.76 Å². The Balaban J connectivity index is 2.20. The first kappa shape index (κ1) is 14.0. The van der Waals surface area contributed by atoms with Crippen molar-refractivity contribution in [2.24, 2.45) is 0 Å². The Morgan fingerprint density at radius 3 is 2.48 bits per heavy atom. The van der Waals surface area contributed by atoms with Gasteiger partial charge in [0.25, 0.3) is 0 Å². The van der Waals surface area contributed by atoms with Crippen molar-refractivity contribution in [2.75, 3.05) is 0 Å². The van der Waals surface area contributed by atoms with Gasteiger partial charge in [-0.3, -0.25) is 0 Å². The largest absolute Gasteiger partial charge is 0.475 e. The average molecular weight is 319 g/mol. The van der Waals surface area contributed by atoms with E-state index in [4.69, 9.17) is 16.0 Å². The van der Waals surface area contributed by atoms with E-state index in [2.05, 4.69) is 12.6 Å². The minimum absolute atomic E-state index is 0.0776. The molecule has 3 rings (SSSR count). The molecule has 1 heterocycles. The van der Waals surface area contributed by atoms with Gasteiger partial charge in [-0.05, 0) is 23.8 Å². The molecule has 3 nitrogen and oxygen atoms in total. The molecule has 0 radical (unpaired) electrons. The normalized spacial score (nSPS) is 12.5. The van der Waals surface area contributed by atoms with Crippen LogP contribution in [0, 0.1) is 0 Å². The van der Waals surface area contributed by atoms with E-state index in [1.165, 1.54) is 0 Å². The monoisotopic (exact) mass is 318 g/mol. The Kier molecular flexibility index (Phi) is 3.66. The van der Waals surface area contributed by atoms with Crippen molar-refractivity contribution < 1.29 is 14.3 Å². The minimum Gasteiger partial charge on any atom is -0.475 e. The van der Waals surface area contributed by atoms with E-state index in [9.17, 15) is 9.90 Å². The highest BCUT2D eigenvalue weighted by Crippen LogP contribution is 2.38. The number of rotatable bonds is 3. The Bertz CT molecular complexity index is 808. The topological polar surface area (TPSA) is 50.4 Å². The summed E-state index contributed by atoms with van der Waals surface area (Å²) in [5.41, 5.74) is 1.96. The maximum atomic E-state index is 11.4. The molecule has 21 heavy (non-hydrogen) atoms. The smallest absolute Gasteiger partial charge is 0.372 e. The van der Waals surface area contributed by atoms with Crippen molar-refractivity contribution in [3.8, 4) is 0 Å². The highest BCUT2D eigenvalue weighted by atomic mass is 35.5. The second-order valence-electron chi connectivity index (χ2n) is 4.60. The first-order chi connectivity index (χ1) is 10.1. The molecule has 1 N–H and O–H groups in total. The third-order valence-corrected chi connectivity index (χ3v) is 4.10. The van der Waals surface area contributed by atoms with Crippen molar-refractivity contribution in [2.45, 2.75) is 5.25 Å². The van der Waals surface area contributed by atoms with E-state index < -0.39 is 11.2 Å². The highest BCUT2D eigenvalue weighted by molar-refractivity contribution is 7.80. The lowest BCUT2D eigenvalue weighted by Gasteiger charge is -2.11. The number of thiol groups is 1. The van der Waals surface area contributed by atoms with E-state index in [1.807, 2.05) is 24.3 Å². The number of carbonyl (C=O) groups is 1. The zero-order valence-corrected chi connectivity index (χ0v) is 12.4. The number of furan rings is 1. The van der Waals surface area contributed by atoms with Crippen LogP contribution in [0.1, 0.15) is 26.9 Å². The van der Waals surface area contributed by atoms with Crippen LogP contribution in [-0.2, 0) is 0 Å². The molecule has 0 aliphatic carbocycles. The number of carboxylic acid groups (broad SMARTS) is 1. The van der Waals surface area contributed by atoms with Gasteiger partial charge in [-0.15, -0.1) is 0 Å². The Morgan fingerprint density at radius 1 is 1.14 bits per heavy atom. The van der Waals surface area contributed by atoms with Gasteiger partial charge in [0.15, 0.2) is 0 Å². The fourth-order valence-corrected chi connectivity index (χ4v) is 2.86. The second-order valence-corrected chi connectivity index (χ2v) is 5.55. The van der Waals surface area contributed by atoms with Gasteiger partial charge in [0.05, 0.1) is 5.25 Å². The van der Waals surface area contributed by atoms with Crippen molar-refractivity contribution in [3.05, 3.63) is 70.4 Å². The number of benzene rings is 2. The SMILES string of the molecule is O=C(O)c1oc2ccccc2c1C(S)c1ccc(Cl)cc1. The molecule has 106 valence electrons. The van der Waals surface area contributed by atoms with Gasteiger partial charge < -0.3 is 9.52 Å². The van der Waals surface area contributed by atoms with Gasteiger partial charge >= 0.3 is 5.97 Å². The van der Waals surface area contributed by atoms with Crippen LogP contribution >= 0.6 is 24.2 Å². The molecular formula is C16H11ClO3S. The molecule has 5 heteroatoms. The van der Waals surface area contributed by atoms with E-state index in [1.54, 1.807) is 24.3 Å². The number of aromatic carboxylic acids is 1. The molecule has 0 amide bonds. The Hall–Kier alpha value is -1.91. The van der Waals surface area contributed by atoms with Crippen LogP contribution in [0.2, 0.25) is 5.02 Å². The molecule has 0 saturated heterocycles. The van der Waals surface area contributed by atoms with Gasteiger partial charge in [-0.2, -0.15) is 12.6 Å². The van der Waals surface area contributed by atoms with Crippen LogP contribution in [0.3, 0.4) is 0 Å². The van der Waals surface area contributed by atoms with Crippen LogP contribution in [-0.4, -0.2) is 11.1 Å². The van der Waals surface area contributed by atoms with Gasteiger partial charge in [0, 0.05) is 16.0 Å². The molecule has 2 aromatic carbocycles. The third kappa shape index (κ3) is 2.52. The van der Waals surface area contributed by atoms with Crippen molar-refractivity contribution in [1.29, 1.82) is 0 Å². The Morgan fingerprint density at radius 2 is 1.81 bits per heavy atom. The Labute approximate surface area is 131 Å². The summed E-state index contributed by atoms with van der Waals surface area (Å²) in [4.78, 5) is 11.4. The summed E-state index contributed by atoms with van der Waals surface area (Å²) >= 11 is 10.5. The van der Waals surface area contributed by atoms with E-state index in [0.29, 0.717) is 16.2 Å². The standard InChI is InChI=1S/C16H11ClO3S/c17-10-7-5-9(6-8-10)15(21)13-11-3-1-2-4-12(11)20-14(13)16(18)19/h1-8,15,21H,(H,18,19). The first-order valence-corrected chi connectivity index (χ1v) is 7.15. The average Bonchev–Trinajstić information content (AvgIpc) is 2.87. The quantitative estimate of drug-likeness (QED) is 0.682. The van der Waals surface area contributed by atoms with Gasteiger partial charge in [0.1, 0.15) is 5.58 Å². The van der Waals surface area contributed by atoms with Gasteiger partial charge in [0.2, 0.25) is 5.76 Å². The number of fused-ring (bicyclic) bond motifs is 1.